The molecule has 0 aromatic heterocycles. The molecule has 0 bridgehead atoms. The summed E-state index contributed by atoms with van der Waals surface area (Å²) in [6, 6.07) is 1.88. The number of Topliss-reactive ketones (excluding diaryl/α,β-unsaturated/α-hetero) is 2. The van der Waals surface area contributed by atoms with Crippen LogP contribution in [0.1, 0.15) is 168 Å². The lowest BCUT2D eigenvalue weighted by Crippen LogP contribution is -2.70. The zero-order valence-corrected chi connectivity index (χ0v) is 40.4. The molecule has 0 radical (unpaired) electrons. The Kier molecular flexibility index (Phi) is 8.25. The first-order valence-electron chi connectivity index (χ1n) is 24.6. The van der Waals surface area contributed by atoms with Crippen molar-refractivity contribution in [2.45, 2.75) is 177 Å². The van der Waals surface area contributed by atoms with E-state index in [9.17, 15) is 29.4 Å². The van der Waals surface area contributed by atoms with Gasteiger partial charge in [0, 0.05) is 51.2 Å². The fraction of sp³-hybridized carbons (Fsp3) is 0.679. The standard InChI is InChI=1S/C56H70O8/c1-29-23-39-47(4,28-36(29)58)15-19-51(8)38-14-13-32-33(48(38,5)16-20-52(39,51)9)26-42(59)56(62)55(32,12)64-45-31(3)43-34(25-37(45)63-56)49(6)17-21-53(10)40-24-30(2)44(60)46(61)50(40,7)18-22-54(53,11)41(49)27-35(43)57/h13-14,25-27,29-30,39-40,46,61-62H,15-24,28H2,1-12H3/t29-,30-,39-,40+,46-,47+,48+,49+,50-,51-,52+,53+,54-,55+,56-/m1/s1. The Morgan fingerprint density at radius 1 is 0.672 bits per heavy atom. The highest BCUT2D eigenvalue weighted by Gasteiger charge is 2.72. The van der Waals surface area contributed by atoms with E-state index in [1.54, 1.807) is 13.0 Å². The third-order valence-electron chi connectivity index (χ3n) is 22.6. The van der Waals surface area contributed by atoms with Crippen molar-refractivity contribution in [2.24, 2.45) is 61.6 Å². The molecule has 10 aliphatic rings. The summed E-state index contributed by atoms with van der Waals surface area (Å²) >= 11 is 0. The highest BCUT2D eigenvalue weighted by Crippen LogP contribution is 2.77. The van der Waals surface area contributed by atoms with E-state index in [4.69, 9.17) is 9.47 Å². The quantitative estimate of drug-likeness (QED) is 0.264. The van der Waals surface area contributed by atoms with E-state index in [0.717, 1.165) is 80.1 Å². The Morgan fingerprint density at radius 2 is 1.30 bits per heavy atom. The number of ketones is 4. The zero-order valence-electron chi connectivity index (χ0n) is 40.4. The summed E-state index contributed by atoms with van der Waals surface area (Å²) in [5, 5.41) is 24.3. The molecule has 11 rings (SSSR count). The molecule has 0 unspecified atom stereocenters. The molecule has 1 aliphatic heterocycles. The predicted octanol–water partition coefficient (Wildman–Crippen LogP) is 10.4. The normalized spacial score (nSPS) is 50.9. The summed E-state index contributed by atoms with van der Waals surface area (Å²) in [6.07, 6.45) is 15.9. The Morgan fingerprint density at radius 3 is 2.00 bits per heavy atom. The van der Waals surface area contributed by atoms with E-state index in [2.05, 4.69) is 74.5 Å². The lowest BCUT2D eigenvalue weighted by Gasteiger charge is -2.69. The van der Waals surface area contributed by atoms with Gasteiger partial charge in [-0.1, -0.05) is 87.0 Å². The van der Waals surface area contributed by atoms with Crippen molar-refractivity contribution in [1.82, 2.24) is 0 Å². The van der Waals surface area contributed by atoms with E-state index >= 15 is 0 Å². The summed E-state index contributed by atoms with van der Waals surface area (Å²) in [5.74, 6) is -1.67. The molecule has 8 nitrogen and oxygen atoms in total. The average Bonchev–Trinajstić information content (AvgIpc) is 3.23. The first-order valence-corrected chi connectivity index (χ1v) is 24.6. The van der Waals surface area contributed by atoms with Gasteiger partial charge in [0.05, 0.1) is 0 Å². The lowest BCUT2D eigenvalue weighted by atomic mass is 9.35. The number of fused-ring (bicyclic) bond motifs is 17. The van der Waals surface area contributed by atoms with Gasteiger partial charge in [-0.15, -0.1) is 0 Å². The van der Waals surface area contributed by atoms with Gasteiger partial charge in [-0.3, -0.25) is 19.2 Å². The van der Waals surface area contributed by atoms with E-state index in [-0.39, 0.29) is 62.1 Å². The minimum absolute atomic E-state index is 0.0196. The maximum atomic E-state index is 14.8. The molecule has 342 valence electrons. The minimum Gasteiger partial charge on any atom is -0.471 e. The fourth-order valence-electron chi connectivity index (χ4n) is 17.9. The topological polar surface area (TPSA) is 127 Å². The van der Waals surface area contributed by atoms with E-state index in [0.29, 0.717) is 41.4 Å². The number of carbonyl (C=O) groups is 4. The Balaban J connectivity index is 0.985. The Labute approximate surface area is 379 Å². The molecule has 15 atom stereocenters. The van der Waals surface area contributed by atoms with Gasteiger partial charge in [0.2, 0.25) is 11.4 Å². The molecule has 0 saturated heterocycles. The van der Waals surface area contributed by atoms with Crippen molar-refractivity contribution in [3.8, 4) is 11.5 Å². The third-order valence-corrected chi connectivity index (χ3v) is 22.6. The zero-order chi connectivity index (χ0) is 46.1. The third kappa shape index (κ3) is 4.56. The number of allylic oxidation sites excluding steroid dienone is 5. The van der Waals surface area contributed by atoms with Crippen LogP contribution < -0.4 is 9.47 Å². The van der Waals surface area contributed by atoms with Crippen LogP contribution in [0.15, 0.2) is 52.7 Å². The van der Waals surface area contributed by atoms with E-state index in [1.165, 1.54) is 5.57 Å². The van der Waals surface area contributed by atoms with Crippen molar-refractivity contribution in [2.75, 3.05) is 0 Å². The highest BCUT2D eigenvalue weighted by atomic mass is 16.7. The largest absolute Gasteiger partial charge is 0.471 e. The molecule has 0 amide bonds. The fourth-order valence-corrected chi connectivity index (χ4v) is 17.9. The summed E-state index contributed by atoms with van der Waals surface area (Å²) < 4.78 is 13.8. The first kappa shape index (κ1) is 43.0. The van der Waals surface area contributed by atoms with Gasteiger partial charge in [-0.2, -0.15) is 0 Å². The second-order valence-corrected chi connectivity index (χ2v) is 25.3. The second-order valence-electron chi connectivity index (χ2n) is 25.3. The van der Waals surface area contributed by atoms with Gasteiger partial charge in [-0.25, -0.2) is 0 Å². The van der Waals surface area contributed by atoms with Crippen molar-refractivity contribution in [1.29, 1.82) is 0 Å². The molecule has 9 aliphatic carbocycles. The molecular weight excluding hydrogens is 801 g/mol. The molecule has 1 heterocycles. The minimum atomic E-state index is -2.36. The van der Waals surface area contributed by atoms with Crippen LogP contribution in [0.5, 0.6) is 11.5 Å². The Bertz CT molecular complexity index is 2580. The smallest absolute Gasteiger partial charge is 0.317 e. The monoisotopic (exact) mass is 871 g/mol. The molecule has 6 fully saturated rings. The predicted molar refractivity (Wildman–Crippen MR) is 244 cm³/mol. The van der Waals surface area contributed by atoms with Gasteiger partial charge in [0.1, 0.15) is 11.9 Å². The molecule has 0 spiro atoms. The van der Waals surface area contributed by atoms with Crippen molar-refractivity contribution >= 4 is 23.1 Å². The van der Waals surface area contributed by atoms with Crippen LogP contribution in [0, 0.1) is 68.5 Å². The van der Waals surface area contributed by atoms with Crippen molar-refractivity contribution in [3.05, 3.63) is 69.4 Å². The summed E-state index contributed by atoms with van der Waals surface area (Å²) in [6.45, 7) is 26.2. The summed E-state index contributed by atoms with van der Waals surface area (Å²) in [4.78, 5) is 55.9. The number of hydrogen-bond donors (Lipinski definition) is 2. The summed E-state index contributed by atoms with van der Waals surface area (Å²) in [5.41, 5.74) is 2.02. The van der Waals surface area contributed by atoms with E-state index < -0.39 is 39.5 Å². The van der Waals surface area contributed by atoms with Gasteiger partial charge in [0.15, 0.2) is 23.1 Å². The number of hydrogen-bond acceptors (Lipinski definition) is 8. The van der Waals surface area contributed by atoms with Crippen LogP contribution in [0.2, 0.25) is 0 Å². The van der Waals surface area contributed by atoms with Gasteiger partial charge in [0.25, 0.3) is 0 Å². The summed E-state index contributed by atoms with van der Waals surface area (Å²) in [7, 11) is 0. The highest BCUT2D eigenvalue weighted by molar-refractivity contribution is 6.10. The molecule has 64 heavy (non-hydrogen) atoms. The number of ether oxygens (including phenoxy) is 2. The van der Waals surface area contributed by atoms with Crippen LogP contribution in [0.3, 0.4) is 0 Å². The molecule has 1 aromatic carbocycles. The second kappa shape index (κ2) is 12.3. The molecule has 6 saturated carbocycles. The van der Waals surface area contributed by atoms with Crippen molar-refractivity contribution in [3.63, 3.8) is 0 Å². The van der Waals surface area contributed by atoms with Crippen LogP contribution in [-0.4, -0.2) is 50.8 Å². The van der Waals surface area contributed by atoms with Gasteiger partial charge >= 0.3 is 5.79 Å². The van der Waals surface area contributed by atoms with Crippen LogP contribution >= 0.6 is 0 Å². The number of benzene rings is 1. The first-order chi connectivity index (χ1) is 29.6. The van der Waals surface area contributed by atoms with Gasteiger partial charge in [-0.05, 0) is 152 Å². The van der Waals surface area contributed by atoms with E-state index in [1.807, 2.05) is 26.0 Å². The SMILES string of the molecule is Cc1c2c(cc3c1C(=O)C=C1[C@@]3(C)CC[C@@]3(C)[C@H]4C[C@@H](C)C(=O)[C@@H](O)[C@]4(C)CC[C@]13C)O[C@]1(O)C(=O)C=C3C(=CC=C4[C@@]3(C)CC[C@@]3(C)[C@@H]5C[C@@H](C)C(=O)C[C@]5(C)CC[C@]43C)[C@]1(C)O2. The number of aliphatic hydroxyl groups is 2. The van der Waals surface area contributed by atoms with Crippen molar-refractivity contribution < 1.29 is 38.9 Å². The maximum Gasteiger partial charge on any atom is 0.317 e. The molecular formula is C56H70O8. The molecule has 2 N–H and O–H groups in total. The van der Waals surface area contributed by atoms with Crippen LogP contribution in [-0.2, 0) is 19.8 Å². The number of carbonyl (C=O) groups excluding carboxylic acids is 4. The maximum absolute atomic E-state index is 14.8. The molecule has 8 heteroatoms. The Hall–Kier alpha value is -3.62. The van der Waals surface area contributed by atoms with Crippen LogP contribution in [0.4, 0.5) is 0 Å². The number of aliphatic hydroxyl groups excluding tert-OH is 1. The van der Waals surface area contributed by atoms with Crippen LogP contribution in [0.25, 0.3) is 0 Å². The molecule has 1 aromatic rings. The lowest BCUT2D eigenvalue weighted by molar-refractivity contribution is -0.231. The average molecular weight is 871 g/mol. The van der Waals surface area contributed by atoms with Gasteiger partial charge < -0.3 is 19.7 Å². The number of rotatable bonds is 0.